The number of ether oxygens (including phenoxy) is 1. The van der Waals surface area contributed by atoms with Crippen molar-refractivity contribution in [3.8, 4) is 11.5 Å². The van der Waals surface area contributed by atoms with Crippen LogP contribution in [0.4, 0.5) is 0 Å². The first-order valence-electron chi connectivity index (χ1n) is 5.47. The predicted molar refractivity (Wildman–Crippen MR) is 78.8 cm³/mol. The second-order valence-corrected chi connectivity index (χ2v) is 5.03. The van der Waals surface area contributed by atoms with Crippen LogP contribution < -0.4 is 4.74 Å². The van der Waals surface area contributed by atoms with Gasteiger partial charge >= 0.3 is 0 Å². The third kappa shape index (κ3) is 2.28. The van der Waals surface area contributed by atoms with Crippen molar-refractivity contribution in [2.45, 2.75) is 0 Å². The Morgan fingerprint density at radius 1 is 0.944 bits per heavy atom. The summed E-state index contributed by atoms with van der Waals surface area (Å²) in [7, 11) is 0. The van der Waals surface area contributed by atoms with E-state index in [9.17, 15) is 0 Å². The lowest BCUT2D eigenvalue weighted by Crippen LogP contribution is -1.90. The van der Waals surface area contributed by atoms with Gasteiger partial charge in [-0.15, -0.1) is 0 Å². The summed E-state index contributed by atoms with van der Waals surface area (Å²) in [6, 6.07) is 15.7. The van der Waals surface area contributed by atoms with Gasteiger partial charge < -0.3 is 4.74 Å². The first-order chi connectivity index (χ1) is 8.83. The molecular formula is C14H9IN2O. The highest BCUT2D eigenvalue weighted by molar-refractivity contribution is 14.1. The Balaban J connectivity index is 2.02. The van der Waals surface area contributed by atoms with Gasteiger partial charge in [-0.1, -0.05) is 12.1 Å². The van der Waals surface area contributed by atoms with Crippen LogP contribution in [-0.4, -0.2) is 10.2 Å². The lowest BCUT2D eigenvalue weighted by Gasteiger charge is -2.07. The normalized spacial score (nSPS) is 10.5. The Morgan fingerprint density at radius 3 is 2.56 bits per heavy atom. The highest BCUT2D eigenvalue weighted by atomic mass is 127. The smallest absolute Gasteiger partial charge is 0.156 e. The number of hydrogen-bond donors (Lipinski definition) is 0. The van der Waals surface area contributed by atoms with Crippen LogP contribution in [0.5, 0.6) is 11.5 Å². The molecule has 0 spiro atoms. The van der Waals surface area contributed by atoms with E-state index >= 15 is 0 Å². The Kier molecular flexibility index (Phi) is 3.10. The van der Waals surface area contributed by atoms with Crippen molar-refractivity contribution in [2.24, 2.45) is 0 Å². The molecule has 0 radical (unpaired) electrons. The molecule has 0 aliphatic carbocycles. The van der Waals surface area contributed by atoms with Gasteiger partial charge in [-0.2, -0.15) is 10.2 Å². The molecule has 88 valence electrons. The van der Waals surface area contributed by atoms with Crippen LogP contribution in [-0.2, 0) is 0 Å². The van der Waals surface area contributed by atoms with E-state index in [0.717, 1.165) is 22.4 Å². The molecule has 0 bridgehead atoms. The number of nitrogens with zero attached hydrogens (tertiary/aromatic N) is 2. The molecule has 0 fully saturated rings. The second-order valence-electron chi connectivity index (χ2n) is 3.78. The first-order valence-corrected chi connectivity index (χ1v) is 6.55. The van der Waals surface area contributed by atoms with Crippen LogP contribution in [0.3, 0.4) is 0 Å². The van der Waals surface area contributed by atoms with Crippen molar-refractivity contribution < 1.29 is 4.74 Å². The van der Waals surface area contributed by atoms with Gasteiger partial charge in [-0.25, -0.2) is 0 Å². The average molecular weight is 348 g/mol. The number of hydrogen-bond acceptors (Lipinski definition) is 3. The van der Waals surface area contributed by atoms with Crippen molar-refractivity contribution in [2.75, 3.05) is 0 Å². The summed E-state index contributed by atoms with van der Waals surface area (Å²) in [5, 5.41) is 8.98. The minimum Gasteiger partial charge on any atom is -0.455 e. The van der Waals surface area contributed by atoms with Crippen LogP contribution in [0.25, 0.3) is 10.9 Å². The summed E-state index contributed by atoms with van der Waals surface area (Å²) in [5.41, 5.74) is 0.834. The fraction of sp³-hybridized carbons (Fsp3) is 0. The number of benzene rings is 2. The van der Waals surface area contributed by atoms with Gasteiger partial charge in [0.15, 0.2) is 5.75 Å². The topological polar surface area (TPSA) is 35.0 Å². The van der Waals surface area contributed by atoms with Gasteiger partial charge in [-0.05, 0) is 59.0 Å². The number of fused-ring (bicyclic) bond motifs is 1. The van der Waals surface area contributed by atoms with Gasteiger partial charge in [-0.3, -0.25) is 0 Å². The van der Waals surface area contributed by atoms with Crippen molar-refractivity contribution in [3.63, 3.8) is 0 Å². The van der Waals surface area contributed by atoms with E-state index in [4.69, 9.17) is 4.74 Å². The molecule has 0 atom stereocenters. The maximum Gasteiger partial charge on any atom is 0.156 e. The van der Waals surface area contributed by atoms with Crippen molar-refractivity contribution >= 4 is 33.5 Å². The lowest BCUT2D eigenvalue weighted by atomic mass is 10.2. The molecule has 1 aromatic heterocycles. The van der Waals surface area contributed by atoms with E-state index < -0.39 is 0 Å². The van der Waals surface area contributed by atoms with Crippen LogP contribution in [0.15, 0.2) is 54.7 Å². The quantitative estimate of drug-likeness (QED) is 0.656. The van der Waals surface area contributed by atoms with Crippen molar-refractivity contribution in [1.29, 1.82) is 0 Å². The molecule has 0 saturated carbocycles. The monoisotopic (exact) mass is 348 g/mol. The highest BCUT2D eigenvalue weighted by Gasteiger charge is 2.04. The predicted octanol–water partition coefficient (Wildman–Crippen LogP) is 4.03. The Labute approximate surface area is 118 Å². The molecule has 0 N–H and O–H groups in total. The van der Waals surface area contributed by atoms with E-state index in [1.54, 1.807) is 6.20 Å². The Hall–Kier alpha value is -1.69. The zero-order chi connectivity index (χ0) is 12.4. The van der Waals surface area contributed by atoms with Gasteiger partial charge in [0.25, 0.3) is 0 Å². The third-order valence-corrected chi connectivity index (χ3v) is 3.27. The summed E-state index contributed by atoms with van der Waals surface area (Å²) in [6.07, 6.45) is 1.64. The average Bonchev–Trinajstić information content (AvgIpc) is 2.42. The molecule has 2 aromatic carbocycles. The van der Waals surface area contributed by atoms with E-state index in [1.807, 2.05) is 48.5 Å². The molecule has 4 heteroatoms. The van der Waals surface area contributed by atoms with Crippen molar-refractivity contribution in [3.05, 3.63) is 58.3 Å². The molecule has 18 heavy (non-hydrogen) atoms. The largest absolute Gasteiger partial charge is 0.455 e. The van der Waals surface area contributed by atoms with Crippen molar-refractivity contribution in [1.82, 2.24) is 10.2 Å². The minimum atomic E-state index is 0.724. The van der Waals surface area contributed by atoms with E-state index in [1.165, 1.54) is 3.57 Å². The number of halogens is 1. The molecule has 1 heterocycles. The summed E-state index contributed by atoms with van der Waals surface area (Å²) in [6.45, 7) is 0. The van der Waals surface area contributed by atoms with Crippen LogP contribution >= 0.6 is 22.6 Å². The molecular weight excluding hydrogens is 339 g/mol. The van der Waals surface area contributed by atoms with Gasteiger partial charge in [0.05, 0.1) is 11.7 Å². The summed E-state index contributed by atoms with van der Waals surface area (Å²) >= 11 is 2.26. The minimum absolute atomic E-state index is 0.724. The van der Waals surface area contributed by atoms with E-state index in [-0.39, 0.29) is 0 Å². The molecule has 0 saturated heterocycles. The molecule has 0 unspecified atom stereocenters. The summed E-state index contributed by atoms with van der Waals surface area (Å²) < 4.78 is 7.02. The van der Waals surface area contributed by atoms with Gasteiger partial charge in [0.2, 0.25) is 0 Å². The highest BCUT2D eigenvalue weighted by Crippen LogP contribution is 2.27. The maximum absolute atomic E-state index is 5.84. The van der Waals surface area contributed by atoms with Crippen LogP contribution in [0.1, 0.15) is 0 Å². The zero-order valence-corrected chi connectivity index (χ0v) is 11.5. The summed E-state index contributed by atoms with van der Waals surface area (Å²) in [5.74, 6) is 1.52. The second kappa shape index (κ2) is 4.89. The molecule has 3 aromatic rings. The van der Waals surface area contributed by atoms with E-state index in [2.05, 4.69) is 32.8 Å². The van der Waals surface area contributed by atoms with E-state index in [0.29, 0.717) is 0 Å². The standard InChI is InChI=1S/C14H9IN2O/c15-10-5-7-11(8-6-10)18-14-9-16-17-13-4-2-1-3-12(13)14/h1-9H. The fourth-order valence-electron chi connectivity index (χ4n) is 1.69. The fourth-order valence-corrected chi connectivity index (χ4v) is 2.05. The summed E-state index contributed by atoms with van der Waals surface area (Å²) in [4.78, 5) is 0. The van der Waals surface area contributed by atoms with Crippen LogP contribution in [0, 0.1) is 3.57 Å². The molecule has 0 amide bonds. The van der Waals surface area contributed by atoms with Gasteiger partial charge in [0.1, 0.15) is 5.75 Å². The Morgan fingerprint density at radius 2 is 1.72 bits per heavy atom. The number of rotatable bonds is 2. The molecule has 3 nitrogen and oxygen atoms in total. The maximum atomic E-state index is 5.84. The van der Waals surface area contributed by atoms with Gasteiger partial charge in [0, 0.05) is 8.96 Å². The zero-order valence-electron chi connectivity index (χ0n) is 9.38. The van der Waals surface area contributed by atoms with Crippen LogP contribution in [0.2, 0.25) is 0 Å². The molecule has 0 aliphatic rings. The third-order valence-electron chi connectivity index (χ3n) is 2.55. The molecule has 3 rings (SSSR count). The Bertz CT molecular complexity index is 677. The first kappa shape index (κ1) is 11.4. The lowest BCUT2D eigenvalue weighted by molar-refractivity contribution is 0.485. The molecule has 0 aliphatic heterocycles. The number of aromatic nitrogens is 2. The SMILES string of the molecule is Ic1ccc(Oc2cnnc3ccccc23)cc1.